The third kappa shape index (κ3) is 2.98. The number of nitrogens with two attached hydrogens (primary N) is 1. The van der Waals surface area contributed by atoms with Crippen LogP contribution in [0.1, 0.15) is 13.8 Å². The molecular weight excluding hydrogens is 254 g/mol. The van der Waals surface area contributed by atoms with Gasteiger partial charge in [0.25, 0.3) is 0 Å². The molecule has 0 saturated carbocycles. The van der Waals surface area contributed by atoms with E-state index in [1.807, 2.05) is 36.9 Å². The van der Waals surface area contributed by atoms with Gasteiger partial charge in [0, 0.05) is 37.8 Å². The van der Waals surface area contributed by atoms with Gasteiger partial charge in [-0.3, -0.25) is 4.79 Å². The topological polar surface area (TPSA) is 58.8 Å². The van der Waals surface area contributed by atoms with Crippen molar-refractivity contribution in [2.75, 3.05) is 43.9 Å². The van der Waals surface area contributed by atoms with Crippen LogP contribution in [0.3, 0.4) is 0 Å². The Morgan fingerprint density at radius 2 is 1.90 bits per heavy atom. The van der Waals surface area contributed by atoms with Crippen LogP contribution < -0.4 is 15.4 Å². The number of carbonyl (C=O) groups excluding carboxylic acids is 1. The molecule has 1 heterocycles. The van der Waals surface area contributed by atoms with E-state index in [1.54, 1.807) is 7.11 Å². The highest BCUT2D eigenvalue weighted by atomic mass is 16.5. The number of nitrogens with zero attached hydrogens (tertiary/aromatic N) is 2. The van der Waals surface area contributed by atoms with Gasteiger partial charge in [-0.1, -0.05) is 13.8 Å². The number of rotatable bonds is 3. The lowest BCUT2D eigenvalue weighted by atomic mass is 10.1. The smallest absolute Gasteiger partial charge is 0.225 e. The van der Waals surface area contributed by atoms with Gasteiger partial charge in [-0.2, -0.15) is 0 Å². The SMILES string of the molecule is COc1ccc(N)cc1N1CCN(C(=O)C(C)C)CC1. The summed E-state index contributed by atoms with van der Waals surface area (Å²) in [6.07, 6.45) is 0. The molecule has 1 aromatic carbocycles. The van der Waals surface area contributed by atoms with Crippen LogP contribution >= 0.6 is 0 Å². The molecule has 20 heavy (non-hydrogen) atoms. The zero-order chi connectivity index (χ0) is 14.7. The average molecular weight is 277 g/mol. The van der Waals surface area contributed by atoms with Crippen LogP contribution in [0.5, 0.6) is 5.75 Å². The summed E-state index contributed by atoms with van der Waals surface area (Å²) in [6.45, 7) is 6.98. The fraction of sp³-hybridized carbons (Fsp3) is 0.533. The van der Waals surface area contributed by atoms with Crippen LogP contribution in [0.25, 0.3) is 0 Å². The molecule has 1 aliphatic rings. The standard InChI is InChI=1S/C15H23N3O2/c1-11(2)15(19)18-8-6-17(7-9-18)13-10-12(16)4-5-14(13)20-3/h4-5,10-11H,6-9,16H2,1-3H3. The van der Waals surface area contributed by atoms with Crippen molar-refractivity contribution >= 4 is 17.3 Å². The number of amides is 1. The molecule has 0 spiro atoms. The van der Waals surface area contributed by atoms with Gasteiger partial charge in [-0.25, -0.2) is 0 Å². The minimum atomic E-state index is 0.0588. The first-order valence-electron chi connectivity index (χ1n) is 7.00. The molecule has 1 aromatic rings. The zero-order valence-corrected chi connectivity index (χ0v) is 12.4. The Bertz CT molecular complexity index is 480. The monoisotopic (exact) mass is 277 g/mol. The normalized spacial score (nSPS) is 15.6. The van der Waals surface area contributed by atoms with Gasteiger partial charge >= 0.3 is 0 Å². The predicted molar refractivity (Wildman–Crippen MR) is 81.0 cm³/mol. The summed E-state index contributed by atoms with van der Waals surface area (Å²) < 4.78 is 5.39. The summed E-state index contributed by atoms with van der Waals surface area (Å²) in [5.41, 5.74) is 7.58. The van der Waals surface area contributed by atoms with Gasteiger partial charge in [0.15, 0.2) is 0 Å². The number of hydrogen-bond donors (Lipinski definition) is 1. The Balaban J connectivity index is 2.07. The Labute approximate surface area is 120 Å². The van der Waals surface area contributed by atoms with Crippen molar-refractivity contribution in [3.63, 3.8) is 0 Å². The van der Waals surface area contributed by atoms with Gasteiger partial charge in [0.1, 0.15) is 5.75 Å². The molecule has 0 unspecified atom stereocenters. The van der Waals surface area contributed by atoms with Crippen molar-refractivity contribution in [3.8, 4) is 5.75 Å². The van der Waals surface area contributed by atoms with Crippen LogP contribution in [-0.2, 0) is 4.79 Å². The number of hydrogen-bond acceptors (Lipinski definition) is 4. The van der Waals surface area contributed by atoms with E-state index in [4.69, 9.17) is 10.5 Å². The number of piperazine rings is 1. The predicted octanol–water partition coefficient (Wildman–Crippen LogP) is 1.58. The van der Waals surface area contributed by atoms with E-state index in [0.717, 1.165) is 43.3 Å². The third-order valence-electron chi connectivity index (χ3n) is 3.63. The van der Waals surface area contributed by atoms with Crippen LogP contribution in [0.4, 0.5) is 11.4 Å². The highest BCUT2D eigenvalue weighted by Crippen LogP contribution is 2.31. The lowest BCUT2D eigenvalue weighted by Gasteiger charge is -2.37. The molecule has 110 valence electrons. The zero-order valence-electron chi connectivity index (χ0n) is 12.4. The molecule has 0 radical (unpaired) electrons. The molecule has 0 atom stereocenters. The minimum Gasteiger partial charge on any atom is -0.495 e. The maximum absolute atomic E-state index is 12.0. The largest absolute Gasteiger partial charge is 0.495 e. The second-order valence-corrected chi connectivity index (χ2v) is 5.40. The molecule has 2 rings (SSSR count). The Morgan fingerprint density at radius 3 is 2.45 bits per heavy atom. The molecule has 1 amide bonds. The molecule has 1 aliphatic heterocycles. The molecule has 0 aromatic heterocycles. The van der Waals surface area contributed by atoms with Gasteiger partial charge in [0.2, 0.25) is 5.91 Å². The molecule has 5 nitrogen and oxygen atoms in total. The Kier molecular flexibility index (Phi) is 4.37. The van der Waals surface area contributed by atoms with E-state index in [2.05, 4.69) is 4.90 Å². The van der Waals surface area contributed by atoms with Crippen molar-refractivity contribution in [2.24, 2.45) is 5.92 Å². The number of anilines is 2. The van der Waals surface area contributed by atoms with Crippen molar-refractivity contribution in [3.05, 3.63) is 18.2 Å². The van der Waals surface area contributed by atoms with E-state index in [9.17, 15) is 4.79 Å². The fourth-order valence-electron chi connectivity index (χ4n) is 2.49. The first-order chi connectivity index (χ1) is 9.52. The molecular formula is C15H23N3O2. The molecule has 0 aliphatic carbocycles. The summed E-state index contributed by atoms with van der Waals surface area (Å²) in [7, 11) is 1.66. The number of carbonyl (C=O) groups is 1. The average Bonchev–Trinajstić information content (AvgIpc) is 2.46. The van der Waals surface area contributed by atoms with Crippen molar-refractivity contribution in [1.29, 1.82) is 0 Å². The summed E-state index contributed by atoms with van der Waals surface area (Å²) in [5, 5.41) is 0. The van der Waals surface area contributed by atoms with E-state index in [0.29, 0.717) is 0 Å². The minimum absolute atomic E-state index is 0.0588. The van der Waals surface area contributed by atoms with Crippen LogP contribution in [0.15, 0.2) is 18.2 Å². The second-order valence-electron chi connectivity index (χ2n) is 5.40. The van der Waals surface area contributed by atoms with Crippen LogP contribution in [0, 0.1) is 5.92 Å². The molecule has 1 fully saturated rings. The van der Waals surface area contributed by atoms with Crippen molar-refractivity contribution in [2.45, 2.75) is 13.8 Å². The Hall–Kier alpha value is -1.91. The van der Waals surface area contributed by atoms with Gasteiger partial charge in [-0.05, 0) is 18.2 Å². The summed E-state index contributed by atoms with van der Waals surface area (Å²) in [6, 6.07) is 5.65. The first-order valence-corrected chi connectivity index (χ1v) is 7.00. The van der Waals surface area contributed by atoms with Crippen molar-refractivity contribution < 1.29 is 9.53 Å². The number of methoxy groups -OCH3 is 1. The van der Waals surface area contributed by atoms with Gasteiger partial charge < -0.3 is 20.3 Å². The lowest BCUT2D eigenvalue weighted by Crippen LogP contribution is -2.50. The van der Waals surface area contributed by atoms with Crippen molar-refractivity contribution in [1.82, 2.24) is 4.90 Å². The Morgan fingerprint density at radius 1 is 1.25 bits per heavy atom. The molecule has 5 heteroatoms. The summed E-state index contributed by atoms with van der Waals surface area (Å²) in [4.78, 5) is 16.1. The maximum Gasteiger partial charge on any atom is 0.225 e. The van der Waals surface area contributed by atoms with Crippen LogP contribution in [0.2, 0.25) is 0 Å². The second kappa shape index (κ2) is 6.03. The van der Waals surface area contributed by atoms with Gasteiger partial charge in [-0.15, -0.1) is 0 Å². The van der Waals surface area contributed by atoms with Gasteiger partial charge in [0.05, 0.1) is 12.8 Å². The van der Waals surface area contributed by atoms with E-state index < -0.39 is 0 Å². The molecule has 1 saturated heterocycles. The molecule has 2 N–H and O–H groups in total. The third-order valence-corrected chi connectivity index (χ3v) is 3.63. The highest BCUT2D eigenvalue weighted by Gasteiger charge is 2.24. The lowest BCUT2D eigenvalue weighted by molar-refractivity contribution is -0.134. The maximum atomic E-state index is 12.0. The van der Waals surface area contributed by atoms with Crippen LogP contribution in [-0.4, -0.2) is 44.1 Å². The summed E-state index contributed by atoms with van der Waals surface area (Å²) in [5.74, 6) is 1.11. The summed E-state index contributed by atoms with van der Waals surface area (Å²) >= 11 is 0. The van der Waals surface area contributed by atoms with E-state index in [-0.39, 0.29) is 11.8 Å². The number of nitrogen functional groups attached to an aromatic ring is 1. The number of ether oxygens (including phenoxy) is 1. The number of benzene rings is 1. The quantitative estimate of drug-likeness (QED) is 0.852. The first kappa shape index (κ1) is 14.5. The van der Waals surface area contributed by atoms with E-state index in [1.165, 1.54) is 0 Å². The fourth-order valence-corrected chi connectivity index (χ4v) is 2.49. The highest BCUT2D eigenvalue weighted by molar-refractivity contribution is 5.78. The molecule has 0 bridgehead atoms. The van der Waals surface area contributed by atoms with E-state index >= 15 is 0 Å².